The van der Waals surface area contributed by atoms with Crippen LogP contribution in [0.3, 0.4) is 0 Å². The molecule has 5 nitrogen and oxygen atoms in total. The van der Waals surface area contributed by atoms with Gasteiger partial charge in [0.1, 0.15) is 11.0 Å². The summed E-state index contributed by atoms with van der Waals surface area (Å²) in [6.07, 6.45) is 0.627. The Labute approximate surface area is 119 Å². The number of benzene rings is 2. The van der Waals surface area contributed by atoms with Crippen molar-refractivity contribution in [1.29, 1.82) is 0 Å². The maximum absolute atomic E-state index is 12.7. The van der Waals surface area contributed by atoms with Crippen LogP contribution in [0.5, 0.6) is 11.5 Å². The molecule has 0 fully saturated rings. The Balaban J connectivity index is 2.63. The smallest absolute Gasteiger partial charge is 0.204 e. The molecular formula is C16H12O5. The molecule has 106 valence electrons. The van der Waals surface area contributed by atoms with Crippen LogP contribution < -0.4 is 14.9 Å². The summed E-state index contributed by atoms with van der Waals surface area (Å²) in [5.74, 6) is 0.576. The highest BCUT2D eigenvalue weighted by Crippen LogP contribution is 2.36. The predicted molar refractivity (Wildman–Crippen MR) is 78.5 cm³/mol. The molecular weight excluding hydrogens is 272 g/mol. The molecule has 3 aromatic rings. The van der Waals surface area contributed by atoms with Crippen molar-refractivity contribution in [1.82, 2.24) is 0 Å². The molecule has 0 spiro atoms. The SMILES string of the molecule is COc1cc(C=O)c2oc3ccccc3c(=O)c2c1OC. The molecule has 0 saturated carbocycles. The normalized spacial score (nSPS) is 10.8. The van der Waals surface area contributed by atoms with Crippen molar-refractivity contribution in [3.63, 3.8) is 0 Å². The van der Waals surface area contributed by atoms with Gasteiger partial charge in [0.15, 0.2) is 23.4 Å². The Morgan fingerprint density at radius 2 is 1.90 bits per heavy atom. The largest absolute Gasteiger partial charge is 0.493 e. The highest BCUT2D eigenvalue weighted by Gasteiger charge is 2.19. The number of hydrogen-bond acceptors (Lipinski definition) is 5. The van der Waals surface area contributed by atoms with Crippen LogP contribution in [-0.2, 0) is 0 Å². The van der Waals surface area contributed by atoms with Crippen molar-refractivity contribution < 1.29 is 18.7 Å². The zero-order chi connectivity index (χ0) is 15.0. The number of carbonyl (C=O) groups is 1. The number of methoxy groups -OCH3 is 2. The Bertz CT molecular complexity index is 908. The number of carbonyl (C=O) groups excluding carboxylic acids is 1. The predicted octanol–water partition coefficient (Wildman–Crippen LogP) is 2.78. The maximum atomic E-state index is 12.7. The van der Waals surface area contributed by atoms with Crippen LogP contribution in [0.4, 0.5) is 0 Å². The van der Waals surface area contributed by atoms with Crippen LogP contribution in [0.2, 0.25) is 0 Å². The zero-order valence-corrected chi connectivity index (χ0v) is 11.5. The van der Waals surface area contributed by atoms with Gasteiger partial charge in [-0.2, -0.15) is 0 Å². The first-order valence-electron chi connectivity index (χ1n) is 6.27. The third kappa shape index (κ3) is 1.86. The van der Waals surface area contributed by atoms with E-state index in [1.54, 1.807) is 24.3 Å². The lowest BCUT2D eigenvalue weighted by Crippen LogP contribution is -2.06. The fourth-order valence-electron chi connectivity index (χ4n) is 2.39. The van der Waals surface area contributed by atoms with Gasteiger partial charge in [0.25, 0.3) is 0 Å². The summed E-state index contributed by atoms with van der Waals surface area (Å²) in [5.41, 5.74) is 0.605. The average Bonchev–Trinajstić information content (AvgIpc) is 2.53. The summed E-state index contributed by atoms with van der Waals surface area (Å²) in [7, 11) is 2.88. The van der Waals surface area contributed by atoms with Gasteiger partial charge in [0.2, 0.25) is 5.43 Å². The second-order valence-corrected chi connectivity index (χ2v) is 4.45. The highest BCUT2D eigenvalue weighted by atomic mass is 16.5. The minimum Gasteiger partial charge on any atom is -0.493 e. The summed E-state index contributed by atoms with van der Waals surface area (Å²) in [4.78, 5) is 24.0. The second kappa shape index (κ2) is 4.94. The number of ether oxygens (including phenoxy) is 2. The van der Waals surface area contributed by atoms with Crippen LogP contribution in [0, 0.1) is 0 Å². The standard InChI is InChI=1S/C16H12O5/c1-19-12-7-9(8-17)15-13(16(12)20-2)14(18)10-5-3-4-6-11(10)21-15/h3-8H,1-2H3. The molecule has 0 bridgehead atoms. The fourth-order valence-corrected chi connectivity index (χ4v) is 2.39. The summed E-state index contributed by atoms with van der Waals surface area (Å²) in [6.45, 7) is 0. The zero-order valence-electron chi connectivity index (χ0n) is 11.5. The average molecular weight is 284 g/mol. The second-order valence-electron chi connectivity index (χ2n) is 4.45. The van der Waals surface area contributed by atoms with Gasteiger partial charge in [-0.25, -0.2) is 0 Å². The van der Waals surface area contributed by atoms with Crippen LogP contribution >= 0.6 is 0 Å². The van der Waals surface area contributed by atoms with E-state index in [0.717, 1.165) is 0 Å². The summed E-state index contributed by atoms with van der Waals surface area (Å²) < 4.78 is 16.2. The fraction of sp³-hybridized carbons (Fsp3) is 0.125. The van der Waals surface area contributed by atoms with Crippen LogP contribution in [0.1, 0.15) is 10.4 Å². The van der Waals surface area contributed by atoms with E-state index < -0.39 is 0 Å². The van der Waals surface area contributed by atoms with Crippen molar-refractivity contribution in [2.24, 2.45) is 0 Å². The van der Waals surface area contributed by atoms with Gasteiger partial charge in [-0.15, -0.1) is 0 Å². The molecule has 0 unspecified atom stereocenters. The maximum Gasteiger partial charge on any atom is 0.204 e. The first kappa shape index (κ1) is 13.2. The molecule has 2 aromatic carbocycles. The summed E-state index contributed by atoms with van der Waals surface area (Å²) in [5, 5.41) is 0.631. The molecule has 1 aromatic heterocycles. The summed E-state index contributed by atoms with van der Waals surface area (Å²) in [6, 6.07) is 8.35. The molecule has 0 aliphatic rings. The van der Waals surface area contributed by atoms with Gasteiger partial charge in [0.05, 0.1) is 25.2 Å². The van der Waals surface area contributed by atoms with Crippen molar-refractivity contribution in [2.45, 2.75) is 0 Å². The molecule has 0 amide bonds. The van der Waals surface area contributed by atoms with Gasteiger partial charge in [-0.3, -0.25) is 9.59 Å². The molecule has 1 heterocycles. The Morgan fingerprint density at radius 1 is 1.14 bits per heavy atom. The van der Waals surface area contributed by atoms with Gasteiger partial charge >= 0.3 is 0 Å². The van der Waals surface area contributed by atoms with Crippen molar-refractivity contribution in [3.8, 4) is 11.5 Å². The van der Waals surface area contributed by atoms with Crippen molar-refractivity contribution in [2.75, 3.05) is 14.2 Å². The molecule has 0 atom stereocenters. The number of fused-ring (bicyclic) bond motifs is 2. The lowest BCUT2D eigenvalue weighted by Gasteiger charge is -2.12. The van der Waals surface area contributed by atoms with E-state index in [1.807, 2.05) is 0 Å². The van der Waals surface area contributed by atoms with E-state index in [9.17, 15) is 9.59 Å². The van der Waals surface area contributed by atoms with E-state index >= 15 is 0 Å². The van der Waals surface area contributed by atoms with Gasteiger partial charge in [-0.1, -0.05) is 12.1 Å². The molecule has 0 N–H and O–H groups in total. The van der Waals surface area contributed by atoms with Gasteiger partial charge < -0.3 is 13.9 Å². The number of rotatable bonds is 3. The molecule has 0 aliphatic carbocycles. The van der Waals surface area contributed by atoms with Crippen LogP contribution in [0.25, 0.3) is 21.9 Å². The van der Waals surface area contributed by atoms with E-state index in [-0.39, 0.29) is 27.7 Å². The third-order valence-corrected chi connectivity index (χ3v) is 3.35. The van der Waals surface area contributed by atoms with Crippen molar-refractivity contribution in [3.05, 3.63) is 46.1 Å². The molecule has 0 radical (unpaired) electrons. The Kier molecular flexibility index (Phi) is 3.10. The Morgan fingerprint density at radius 3 is 2.57 bits per heavy atom. The number of aldehydes is 1. The van der Waals surface area contributed by atoms with E-state index in [0.29, 0.717) is 23.0 Å². The van der Waals surface area contributed by atoms with Crippen LogP contribution in [-0.4, -0.2) is 20.5 Å². The molecule has 3 rings (SSSR count). The molecule has 21 heavy (non-hydrogen) atoms. The molecule has 0 aliphatic heterocycles. The van der Waals surface area contributed by atoms with Gasteiger partial charge in [0, 0.05) is 0 Å². The first-order chi connectivity index (χ1) is 10.2. The first-order valence-corrected chi connectivity index (χ1v) is 6.27. The Hall–Kier alpha value is -2.82. The number of hydrogen-bond donors (Lipinski definition) is 0. The lowest BCUT2D eigenvalue weighted by molar-refractivity contribution is 0.112. The van der Waals surface area contributed by atoms with E-state index in [1.165, 1.54) is 20.3 Å². The quantitative estimate of drug-likeness (QED) is 0.546. The molecule has 0 saturated heterocycles. The van der Waals surface area contributed by atoms with Gasteiger partial charge in [-0.05, 0) is 18.2 Å². The monoisotopic (exact) mass is 284 g/mol. The van der Waals surface area contributed by atoms with E-state index in [2.05, 4.69) is 0 Å². The topological polar surface area (TPSA) is 65.7 Å². The van der Waals surface area contributed by atoms with Crippen LogP contribution in [0.15, 0.2) is 39.5 Å². The van der Waals surface area contributed by atoms with Crippen molar-refractivity contribution >= 4 is 28.2 Å². The third-order valence-electron chi connectivity index (χ3n) is 3.35. The number of para-hydroxylation sites is 1. The minimum atomic E-state index is -0.259. The lowest BCUT2D eigenvalue weighted by atomic mass is 10.1. The minimum absolute atomic E-state index is 0.200. The molecule has 5 heteroatoms. The highest BCUT2D eigenvalue weighted by molar-refractivity contribution is 6.02. The summed E-state index contributed by atoms with van der Waals surface area (Å²) >= 11 is 0. The van der Waals surface area contributed by atoms with E-state index in [4.69, 9.17) is 13.9 Å².